The van der Waals surface area contributed by atoms with Crippen LogP contribution in [0.25, 0.3) is 0 Å². The molecule has 1 spiro atoms. The van der Waals surface area contributed by atoms with Crippen LogP contribution < -0.4 is 0 Å². The van der Waals surface area contributed by atoms with Crippen LogP contribution in [0.3, 0.4) is 0 Å². The van der Waals surface area contributed by atoms with E-state index < -0.39 is 0 Å². The van der Waals surface area contributed by atoms with Crippen LogP contribution in [0.2, 0.25) is 0 Å². The van der Waals surface area contributed by atoms with E-state index in [1.54, 1.807) is 27.6 Å². The zero-order valence-corrected chi connectivity index (χ0v) is 17.8. The molecule has 3 fully saturated rings. The van der Waals surface area contributed by atoms with Crippen molar-refractivity contribution in [2.45, 2.75) is 45.7 Å². The molecule has 5 rings (SSSR count). The van der Waals surface area contributed by atoms with Gasteiger partial charge in [0, 0.05) is 44.1 Å². The lowest BCUT2D eigenvalue weighted by Crippen LogP contribution is -2.46. The van der Waals surface area contributed by atoms with E-state index >= 15 is 0 Å². The molecule has 0 N–H and O–H groups in total. The number of likely N-dealkylation sites (tertiary alicyclic amines) is 1. The molecule has 31 heavy (non-hydrogen) atoms. The molecule has 10 nitrogen and oxygen atoms in total. The quantitative estimate of drug-likeness (QED) is 0.687. The van der Waals surface area contributed by atoms with E-state index in [0.717, 1.165) is 18.4 Å². The molecule has 2 aromatic heterocycles. The summed E-state index contributed by atoms with van der Waals surface area (Å²) in [5.41, 5.74) is 0.982. The Morgan fingerprint density at radius 2 is 2.06 bits per heavy atom. The van der Waals surface area contributed by atoms with E-state index in [4.69, 9.17) is 4.52 Å². The van der Waals surface area contributed by atoms with E-state index in [-0.39, 0.29) is 29.3 Å². The van der Waals surface area contributed by atoms with Crippen LogP contribution in [-0.4, -0.2) is 79.7 Å². The summed E-state index contributed by atoms with van der Waals surface area (Å²) in [4.78, 5) is 43.1. The van der Waals surface area contributed by atoms with Crippen LogP contribution in [0, 0.1) is 12.3 Å². The van der Waals surface area contributed by atoms with Gasteiger partial charge in [0.15, 0.2) is 5.69 Å². The van der Waals surface area contributed by atoms with Crippen molar-refractivity contribution >= 4 is 17.8 Å². The molecule has 2 aromatic rings. The second-order valence-corrected chi connectivity index (χ2v) is 8.77. The molecule has 3 aliphatic rings. The molecule has 0 radical (unpaired) electrons. The summed E-state index contributed by atoms with van der Waals surface area (Å²) in [5, 5.41) is 8.24. The Hall–Kier alpha value is -3.17. The largest absolute Gasteiger partial charge is 0.361 e. The fraction of sp³-hybridized carbons (Fsp3) is 0.571. The molecule has 0 aromatic carbocycles. The monoisotopic (exact) mass is 426 g/mol. The van der Waals surface area contributed by atoms with Crippen molar-refractivity contribution in [3.8, 4) is 0 Å². The van der Waals surface area contributed by atoms with E-state index in [1.165, 1.54) is 4.90 Å². The van der Waals surface area contributed by atoms with Gasteiger partial charge in [0.1, 0.15) is 11.8 Å². The van der Waals surface area contributed by atoms with Gasteiger partial charge in [0.2, 0.25) is 0 Å². The number of amides is 4. The first kappa shape index (κ1) is 19.8. The average molecular weight is 426 g/mol. The van der Waals surface area contributed by atoms with Crippen molar-refractivity contribution in [2.24, 2.45) is 5.41 Å². The van der Waals surface area contributed by atoms with Gasteiger partial charge >= 0.3 is 6.03 Å². The Morgan fingerprint density at radius 1 is 1.29 bits per heavy atom. The molecule has 3 saturated heterocycles. The summed E-state index contributed by atoms with van der Waals surface area (Å²) in [6.45, 7) is 6.21. The van der Waals surface area contributed by atoms with Gasteiger partial charge in [0.05, 0.1) is 6.54 Å². The predicted molar refractivity (Wildman–Crippen MR) is 108 cm³/mol. The Morgan fingerprint density at radius 3 is 2.71 bits per heavy atom. The van der Waals surface area contributed by atoms with Crippen LogP contribution in [0.1, 0.15) is 48.0 Å². The summed E-state index contributed by atoms with van der Waals surface area (Å²) in [6, 6.07) is 1.32. The minimum Gasteiger partial charge on any atom is -0.361 e. The maximum atomic E-state index is 13.2. The molecule has 0 bridgehead atoms. The number of likely N-dealkylation sites (N-methyl/N-ethyl adjacent to an activating group) is 1. The fourth-order valence-corrected chi connectivity index (χ4v) is 5.20. The van der Waals surface area contributed by atoms with E-state index in [9.17, 15) is 14.4 Å². The summed E-state index contributed by atoms with van der Waals surface area (Å²) in [7, 11) is 0. The second-order valence-electron chi connectivity index (χ2n) is 8.77. The van der Waals surface area contributed by atoms with Gasteiger partial charge in [-0.15, -0.1) is 0 Å². The van der Waals surface area contributed by atoms with Crippen LogP contribution in [0.5, 0.6) is 0 Å². The molecule has 1 unspecified atom stereocenters. The SMILES string of the molecule is CCN1C(=O)C2CC3(CCN(C(=O)c4noc(C)c4Cn4cccn4)CC3)CN2C1=O. The molecular formula is C21H26N6O4. The van der Waals surface area contributed by atoms with Crippen molar-refractivity contribution in [3.63, 3.8) is 0 Å². The summed E-state index contributed by atoms with van der Waals surface area (Å²) in [5.74, 6) is 0.391. The number of aryl methyl sites for hydroxylation is 1. The van der Waals surface area contributed by atoms with Crippen LogP contribution >= 0.6 is 0 Å². The molecule has 10 heteroatoms. The van der Waals surface area contributed by atoms with Crippen molar-refractivity contribution in [1.82, 2.24) is 29.6 Å². The number of imide groups is 1. The first-order valence-corrected chi connectivity index (χ1v) is 10.8. The standard InChI is InChI=1S/C21H26N6O4/c1-3-26-18(28)16-11-21(13-27(16)20(26)30)5-9-24(10-6-21)19(29)17-15(14(2)31-23-17)12-25-8-4-7-22-25/h4,7-8,16H,3,5-6,9-13H2,1-2H3. The van der Waals surface area contributed by atoms with Crippen molar-refractivity contribution in [1.29, 1.82) is 0 Å². The van der Waals surface area contributed by atoms with Crippen molar-refractivity contribution < 1.29 is 18.9 Å². The van der Waals surface area contributed by atoms with E-state index in [0.29, 0.717) is 50.6 Å². The summed E-state index contributed by atoms with van der Waals surface area (Å²) < 4.78 is 7.06. The normalized spacial score (nSPS) is 22.6. The van der Waals surface area contributed by atoms with Gasteiger partial charge in [-0.25, -0.2) is 4.79 Å². The minimum atomic E-state index is -0.339. The molecule has 3 aliphatic heterocycles. The lowest BCUT2D eigenvalue weighted by molar-refractivity contribution is -0.128. The molecule has 5 heterocycles. The number of aromatic nitrogens is 3. The zero-order chi connectivity index (χ0) is 21.8. The fourth-order valence-electron chi connectivity index (χ4n) is 5.20. The average Bonchev–Trinajstić information content (AvgIpc) is 3.52. The minimum absolute atomic E-state index is 0.0794. The number of urea groups is 1. The molecule has 0 aliphatic carbocycles. The molecular weight excluding hydrogens is 400 g/mol. The van der Waals surface area contributed by atoms with Crippen molar-refractivity contribution in [3.05, 3.63) is 35.5 Å². The lowest BCUT2D eigenvalue weighted by atomic mass is 9.76. The number of fused-ring (bicyclic) bond motifs is 1. The van der Waals surface area contributed by atoms with Gasteiger partial charge in [-0.3, -0.25) is 19.2 Å². The Kier molecular flexibility index (Phi) is 4.60. The number of carbonyl (C=O) groups is 3. The number of hydrogen-bond acceptors (Lipinski definition) is 6. The molecule has 0 saturated carbocycles. The number of hydrogen-bond donors (Lipinski definition) is 0. The first-order chi connectivity index (χ1) is 14.9. The van der Waals surface area contributed by atoms with Crippen LogP contribution in [0.4, 0.5) is 4.79 Å². The Labute approximate surface area is 179 Å². The maximum Gasteiger partial charge on any atom is 0.327 e. The summed E-state index contributed by atoms with van der Waals surface area (Å²) >= 11 is 0. The molecule has 1 atom stereocenters. The van der Waals surface area contributed by atoms with Gasteiger partial charge in [-0.05, 0) is 44.6 Å². The number of rotatable bonds is 4. The van der Waals surface area contributed by atoms with Gasteiger partial charge < -0.3 is 14.3 Å². The predicted octanol–water partition coefficient (Wildman–Crippen LogP) is 1.51. The highest BCUT2D eigenvalue weighted by atomic mass is 16.5. The second kappa shape index (κ2) is 7.21. The summed E-state index contributed by atoms with van der Waals surface area (Å²) in [6.07, 6.45) is 5.74. The first-order valence-electron chi connectivity index (χ1n) is 10.8. The zero-order valence-electron chi connectivity index (χ0n) is 17.8. The molecule has 164 valence electrons. The third-order valence-electron chi connectivity index (χ3n) is 7.03. The number of piperidine rings is 1. The topological polar surface area (TPSA) is 105 Å². The smallest absolute Gasteiger partial charge is 0.327 e. The van der Waals surface area contributed by atoms with Crippen molar-refractivity contribution in [2.75, 3.05) is 26.2 Å². The van der Waals surface area contributed by atoms with Gasteiger partial charge in [-0.2, -0.15) is 5.10 Å². The molecule has 4 amide bonds. The third-order valence-corrected chi connectivity index (χ3v) is 7.03. The van der Waals surface area contributed by atoms with Crippen LogP contribution in [-0.2, 0) is 11.3 Å². The Balaban J connectivity index is 1.27. The van der Waals surface area contributed by atoms with E-state index in [2.05, 4.69) is 10.3 Å². The number of nitrogens with zero attached hydrogens (tertiary/aromatic N) is 6. The van der Waals surface area contributed by atoms with E-state index in [1.807, 2.05) is 19.2 Å². The highest BCUT2D eigenvalue weighted by Crippen LogP contribution is 2.46. The Bertz CT molecular complexity index is 995. The maximum absolute atomic E-state index is 13.2. The van der Waals surface area contributed by atoms with Gasteiger partial charge in [-0.1, -0.05) is 5.16 Å². The number of carbonyl (C=O) groups excluding carboxylic acids is 3. The highest BCUT2D eigenvalue weighted by molar-refractivity contribution is 6.04. The van der Waals surface area contributed by atoms with Crippen LogP contribution in [0.15, 0.2) is 23.0 Å². The highest BCUT2D eigenvalue weighted by Gasteiger charge is 2.56. The lowest BCUT2D eigenvalue weighted by Gasteiger charge is -2.39. The van der Waals surface area contributed by atoms with Gasteiger partial charge in [0.25, 0.3) is 11.8 Å². The third kappa shape index (κ3) is 3.12.